The summed E-state index contributed by atoms with van der Waals surface area (Å²) in [5.41, 5.74) is -0.365. The van der Waals surface area contributed by atoms with Crippen LogP contribution in [0.25, 0.3) is 0 Å². The Morgan fingerprint density at radius 3 is 2.35 bits per heavy atom. The fourth-order valence-corrected chi connectivity index (χ4v) is 1.64. The number of aliphatic carboxylic acids is 1. The maximum atomic E-state index is 13.2. The van der Waals surface area contributed by atoms with Crippen molar-refractivity contribution < 1.29 is 32.3 Å². The average Bonchev–Trinajstić information content (AvgIpc) is 2.28. The third-order valence-electron chi connectivity index (χ3n) is 2.15. The summed E-state index contributed by atoms with van der Waals surface area (Å²) in [6.45, 7) is -2.86. The molecule has 1 N–H and O–H groups in total. The molecule has 9 heteroatoms. The molecule has 0 unspecified atom stereocenters. The summed E-state index contributed by atoms with van der Waals surface area (Å²) in [5.74, 6) is -3.64. The van der Waals surface area contributed by atoms with E-state index in [1.807, 2.05) is 0 Å². The zero-order valence-corrected chi connectivity index (χ0v) is 11.3. The number of carbonyl (C=O) groups excluding carboxylic acids is 1. The Labute approximate surface area is 119 Å². The lowest BCUT2D eigenvalue weighted by atomic mass is 10.2. The van der Waals surface area contributed by atoms with Gasteiger partial charge in [0.25, 0.3) is 5.91 Å². The molecule has 1 aromatic carbocycles. The van der Waals surface area contributed by atoms with Crippen LogP contribution in [0.5, 0.6) is 0 Å². The van der Waals surface area contributed by atoms with Crippen LogP contribution >= 0.6 is 15.9 Å². The number of carbonyl (C=O) groups is 2. The smallest absolute Gasteiger partial charge is 0.406 e. The van der Waals surface area contributed by atoms with E-state index in [-0.39, 0.29) is 14.9 Å². The van der Waals surface area contributed by atoms with Crippen molar-refractivity contribution in [2.75, 3.05) is 13.1 Å². The molecule has 0 atom stereocenters. The van der Waals surface area contributed by atoms with Gasteiger partial charge in [0.05, 0.1) is 4.47 Å². The van der Waals surface area contributed by atoms with Crippen molar-refractivity contribution >= 4 is 27.8 Å². The van der Waals surface area contributed by atoms with E-state index in [1.54, 1.807) is 0 Å². The second-order valence-corrected chi connectivity index (χ2v) is 4.65. The molecule has 20 heavy (non-hydrogen) atoms. The molecule has 110 valence electrons. The predicted molar refractivity (Wildman–Crippen MR) is 63.7 cm³/mol. The van der Waals surface area contributed by atoms with E-state index in [2.05, 4.69) is 15.9 Å². The molecule has 0 fully saturated rings. The van der Waals surface area contributed by atoms with Crippen LogP contribution in [0.1, 0.15) is 10.4 Å². The van der Waals surface area contributed by atoms with Gasteiger partial charge in [0.15, 0.2) is 0 Å². The molecule has 0 spiro atoms. The van der Waals surface area contributed by atoms with Crippen LogP contribution < -0.4 is 0 Å². The van der Waals surface area contributed by atoms with Crippen LogP contribution in [0, 0.1) is 5.82 Å². The van der Waals surface area contributed by atoms with Crippen molar-refractivity contribution in [2.45, 2.75) is 6.18 Å². The minimum atomic E-state index is -4.75. The fourth-order valence-electron chi connectivity index (χ4n) is 1.39. The van der Waals surface area contributed by atoms with E-state index in [0.717, 1.165) is 18.2 Å². The number of hydrogen-bond donors (Lipinski definition) is 1. The molecule has 0 bridgehead atoms. The topological polar surface area (TPSA) is 57.6 Å². The number of alkyl halides is 3. The van der Waals surface area contributed by atoms with Crippen LogP contribution in [0.2, 0.25) is 0 Å². The van der Waals surface area contributed by atoms with Gasteiger partial charge in [-0.3, -0.25) is 9.59 Å². The minimum absolute atomic E-state index is 0.0367. The molecule has 0 saturated heterocycles. The second kappa shape index (κ2) is 6.21. The Hall–Kier alpha value is -1.64. The first-order valence-electron chi connectivity index (χ1n) is 5.13. The zero-order chi connectivity index (χ0) is 15.5. The number of nitrogens with zero attached hydrogens (tertiary/aromatic N) is 1. The lowest BCUT2D eigenvalue weighted by Crippen LogP contribution is -2.42. The molecule has 1 aromatic rings. The quantitative estimate of drug-likeness (QED) is 0.843. The van der Waals surface area contributed by atoms with E-state index in [4.69, 9.17) is 5.11 Å². The van der Waals surface area contributed by atoms with Crippen molar-refractivity contribution in [1.82, 2.24) is 4.90 Å². The van der Waals surface area contributed by atoms with Crippen LogP contribution in [-0.4, -0.2) is 41.1 Å². The van der Waals surface area contributed by atoms with Gasteiger partial charge in [0.1, 0.15) is 18.9 Å². The molecule has 0 radical (unpaired) electrons. The first-order chi connectivity index (χ1) is 9.10. The molecule has 0 heterocycles. The van der Waals surface area contributed by atoms with E-state index in [1.165, 1.54) is 0 Å². The molecule has 0 aliphatic rings. The summed E-state index contributed by atoms with van der Waals surface area (Å²) in [4.78, 5) is 22.4. The first kappa shape index (κ1) is 16.4. The van der Waals surface area contributed by atoms with Gasteiger partial charge >= 0.3 is 12.1 Å². The Morgan fingerprint density at radius 1 is 1.30 bits per heavy atom. The standard InChI is InChI=1S/C11H8BrF4NO3/c12-7-2-1-6(3-8(7)13)10(20)17(4-9(18)19)5-11(14,15)16/h1-3H,4-5H2,(H,18,19). The minimum Gasteiger partial charge on any atom is -0.480 e. The lowest BCUT2D eigenvalue weighted by Gasteiger charge is -2.22. The molecular formula is C11H8BrF4NO3. The van der Waals surface area contributed by atoms with Crippen molar-refractivity contribution in [3.8, 4) is 0 Å². The fraction of sp³-hybridized carbons (Fsp3) is 0.273. The number of amides is 1. The van der Waals surface area contributed by atoms with Crippen LogP contribution in [0.4, 0.5) is 17.6 Å². The Morgan fingerprint density at radius 2 is 1.90 bits per heavy atom. The predicted octanol–water partition coefficient (Wildman–Crippen LogP) is 2.68. The second-order valence-electron chi connectivity index (χ2n) is 3.80. The summed E-state index contributed by atoms with van der Waals surface area (Å²) in [6, 6.07) is 2.98. The Bertz CT molecular complexity index is 533. The Kier molecular flexibility index (Phi) is 5.09. The van der Waals surface area contributed by atoms with Gasteiger partial charge < -0.3 is 10.0 Å². The van der Waals surface area contributed by atoms with Gasteiger partial charge in [-0.25, -0.2) is 4.39 Å². The number of halogens is 5. The summed E-state index contributed by atoms with van der Waals surface area (Å²) < 4.78 is 50.2. The van der Waals surface area contributed by atoms with Crippen LogP contribution in [0.15, 0.2) is 22.7 Å². The number of carboxylic acid groups (broad SMARTS) is 1. The number of rotatable bonds is 4. The van der Waals surface area contributed by atoms with Crippen LogP contribution in [-0.2, 0) is 4.79 Å². The van der Waals surface area contributed by atoms with Gasteiger partial charge in [-0.15, -0.1) is 0 Å². The highest BCUT2D eigenvalue weighted by Crippen LogP contribution is 2.20. The summed E-state index contributed by atoms with van der Waals surface area (Å²) in [5, 5.41) is 8.53. The van der Waals surface area contributed by atoms with Gasteiger partial charge in [0.2, 0.25) is 0 Å². The van der Waals surface area contributed by atoms with Gasteiger partial charge in [-0.05, 0) is 34.1 Å². The van der Waals surface area contributed by atoms with Crippen molar-refractivity contribution in [1.29, 1.82) is 0 Å². The highest BCUT2D eigenvalue weighted by molar-refractivity contribution is 9.10. The SMILES string of the molecule is O=C(O)CN(CC(F)(F)F)C(=O)c1ccc(Br)c(F)c1. The molecule has 4 nitrogen and oxygen atoms in total. The third-order valence-corrected chi connectivity index (χ3v) is 2.79. The van der Waals surface area contributed by atoms with Gasteiger partial charge in [-0.1, -0.05) is 0 Å². The zero-order valence-electron chi connectivity index (χ0n) is 9.75. The highest BCUT2D eigenvalue weighted by atomic mass is 79.9. The van der Waals surface area contributed by atoms with Crippen molar-refractivity contribution in [2.24, 2.45) is 0 Å². The van der Waals surface area contributed by atoms with E-state index in [0.29, 0.717) is 0 Å². The summed E-state index contributed by atoms with van der Waals surface area (Å²) in [6.07, 6.45) is -4.75. The van der Waals surface area contributed by atoms with Gasteiger partial charge in [0, 0.05) is 5.56 Å². The van der Waals surface area contributed by atoms with Gasteiger partial charge in [-0.2, -0.15) is 13.2 Å². The molecule has 0 aliphatic heterocycles. The molecule has 0 aliphatic carbocycles. The third kappa shape index (κ3) is 4.80. The number of hydrogen-bond acceptors (Lipinski definition) is 2. The lowest BCUT2D eigenvalue weighted by molar-refractivity contribution is -0.149. The summed E-state index contributed by atoms with van der Waals surface area (Å²) >= 11 is 2.83. The normalized spacial score (nSPS) is 11.2. The molecular weight excluding hydrogens is 350 g/mol. The maximum absolute atomic E-state index is 13.2. The van der Waals surface area contributed by atoms with E-state index >= 15 is 0 Å². The average molecular weight is 358 g/mol. The molecule has 1 rings (SSSR count). The maximum Gasteiger partial charge on any atom is 0.406 e. The molecule has 0 aromatic heterocycles. The van der Waals surface area contributed by atoms with Crippen molar-refractivity contribution in [3.63, 3.8) is 0 Å². The summed E-state index contributed by atoms with van der Waals surface area (Å²) in [7, 11) is 0. The largest absolute Gasteiger partial charge is 0.480 e. The number of benzene rings is 1. The molecule has 0 saturated carbocycles. The van der Waals surface area contributed by atoms with Crippen molar-refractivity contribution in [3.05, 3.63) is 34.1 Å². The highest BCUT2D eigenvalue weighted by Gasteiger charge is 2.34. The van der Waals surface area contributed by atoms with E-state index in [9.17, 15) is 27.2 Å². The monoisotopic (exact) mass is 357 g/mol. The number of carboxylic acids is 1. The molecule has 1 amide bonds. The first-order valence-corrected chi connectivity index (χ1v) is 5.92. The van der Waals surface area contributed by atoms with E-state index < -0.39 is 37.0 Å². The Balaban J connectivity index is 3.02. The van der Waals surface area contributed by atoms with Crippen LogP contribution in [0.3, 0.4) is 0 Å².